The lowest BCUT2D eigenvalue weighted by Gasteiger charge is -2.15. The number of rotatable bonds is 3. The lowest BCUT2D eigenvalue weighted by molar-refractivity contribution is -0.122. The molecule has 2 aromatic rings. The molecule has 2 aromatic heterocycles. The van der Waals surface area contributed by atoms with E-state index in [9.17, 15) is 9.59 Å². The fourth-order valence-electron chi connectivity index (χ4n) is 2.33. The number of aromatic nitrogens is 4. The van der Waals surface area contributed by atoms with Gasteiger partial charge in [0, 0.05) is 18.3 Å². The Kier molecular flexibility index (Phi) is 4.08. The monoisotopic (exact) mass is 300 g/mol. The van der Waals surface area contributed by atoms with Crippen LogP contribution in [0.25, 0.3) is 5.82 Å². The molecular weight excluding hydrogens is 284 g/mol. The van der Waals surface area contributed by atoms with Crippen molar-refractivity contribution in [3.63, 3.8) is 0 Å². The molecule has 22 heavy (non-hydrogen) atoms. The largest absolute Gasteiger partial charge is 0.354 e. The van der Waals surface area contributed by atoms with E-state index in [1.807, 2.05) is 0 Å². The van der Waals surface area contributed by atoms with Gasteiger partial charge < -0.3 is 10.6 Å². The molecular formula is C14H16N6O2. The van der Waals surface area contributed by atoms with Crippen molar-refractivity contribution < 1.29 is 9.59 Å². The summed E-state index contributed by atoms with van der Waals surface area (Å²) in [6.45, 7) is 0.664. The van der Waals surface area contributed by atoms with E-state index >= 15 is 0 Å². The first kappa shape index (κ1) is 14.2. The van der Waals surface area contributed by atoms with Gasteiger partial charge in [0.2, 0.25) is 5.91 Å². The molecule has 0 aromatic carbocycles. The molecule has 0 aliphatic carbocycles. The second-order valence-electron chi connectivity index (χ2n) is 5.06. The average molecular weight is 300 g/mol. The molecule has 0 saturated carbocycles. The van der Waals surface area contributed by atoms with Gasteiger partial charge in [-0.1, -0.05) is 0 Å². The van der Waals surface area contributed by atoms with E-state index in [1.165, 1.54) is 23.5 Å². The van der Waals surface area contributed by atoms with Crippen molar-refractivity contribution in [2.24, 2.45) is 0 Å². The number of pyridine rings is 1. The van der Waals surface area contributed by atoms with Gasteiger partial charge in [-0.25, -0.2) is 14.6 Å². The van der Waals surface area contributed by atoms with Gasteiger partial charge in [-0.05, 0) is 31.4 Å². The molecule has 0 bridgehead atoms. The fraction of sp³-hybridized carbons (Fsp3) is 0.357. The van der Waals surface area contributed by atoms with Gasteiger partial charge in [0.1, 0.15) is 18.7 Å². The van der Waals surface area contributed by atoms with Gasteiger partial charge in [-0.15, -0.1) is 0 Å². The van der Waals surface area contributed by atoms with E-state index in [0.717, 1.165) is 12.8 Å². The molecule has 1 atom stereocenters. The van der Waals surface area contributed by atoms with Crippen molar-refractivity contribution in [3.8, 4) is 5.82 Å². The predicted molar refractivity (Wildman–Crippen MR) is 77.3 cm³/mol. The molecule has 0 spiro atoms. The van der Waals surface area contributed by atoms with Crippen LogP contribution in [0.4, 0.5) is 0 Å². The Bertz CT molecular complexity index is 670. The van der Waals surface area contributed by atoms with Crippen LogP contribution in [-0.4, -0.2) is 44.1 Å². The minimum atomic E-state index is -0.488. The van der Waals surface area contributed by atoms with E-state index in [1.54, 1.807) is 12.1 Å². The summed E-state index contributed by atoms with van der Waals surface area (Å²) < 4.78 is 1.47. The predicted octanol–water partition coefficient (Wildman–Crippen LogP) is 0.0608. The van der Waals surface area contributed by atoms with Crippen LogP contribution >= 0.6 is 0 Å². The summed E-state index contributed by atoms with van der Waals surface area (Å²) in [4.78, 5) is 32.2. The third kappa shape index (κ3) is 3.11. The number of amides is 2. The fourth-order valence-corrected chi connectivity index (χ4v) is 2.33. The van der Waals surface area contributed by atoms with Crippen LogP contribution < -0.4 is 10.6 Å². The highest BCUT2D eigenvalue weighted by Crippen LogP contribution is 2.09. The number of carbonyl (C=O) groups excluding carboxylic acids is 2. The summed E-state index contributed by atoms with van der Waals surface area (Å²) in [5.74, 6) is 0.0673. The Morgan fingerprint density at radius 1 is 1.41 bits per heavy atom. The van der Waals surface area contributed by atoms with Crippen LogP contribution in [0.5, 0.6) is 0 Å². The van der Waals surface area contributed by atoms with Crippen molar-refractivity contribution >= 4 is 11.8 Å². The summed E-state index contributed by atoms with van der Waals surface area (Å²) in [5.41, 5.74) is 0.428. The molecule has 114 valence electrons. The van der Waals surface area contributed by atoms with E-state index < -0.39 is 6.04 Å². The van der Waals surface area contributed by atoms with Crippen LogP contribution in [0.15, 0.2) is 31.0 Å². The minimum absolute atomic E-state index is 0.128. The summed E-state index contributed by atoms with van der Waals surface area (Å²) in [6.07, 6.45) is 6.92. The van der Waals surface area contributed by atoms with E-state index in [0.29, 0.717) is 24.3 Å². The summed E-state index contributed by atoms with van der Waals surface area (Å²) in [7, 11) is 0. The third-order valence-corrected chi connectivity index (χ3v) is 3.50. The molecule has 8 heteroatoms. The molecule has 1 aliphatic heterocycles. The highest BCUT2D eigenvalue weighted by Gasteiger charge is 2.23. The Balaban J connectivity index is 1.74. The second-order valence-corrected chi connectivity index (χ2v) is 5.06. The maximum absolute atomic E-state index is 12.3. The second kappa shape index (κ2) is 6.33. The molecule has 2 amide bonds. The van der Waals surface area contributed by atoms with Gasteiger partial charge >= 0.3 is 0 Å². The van der Waals surface area contributed by atoms with Gasteiger partial charge in [-0.3, -0.25) is 9.59 Å². The molecule has 3 heterocycles. The van der Waals surface area contributed by atoms with Crippen molar-refractivity contribution in [1.29, 1.82) is 0 Å². The normalized spacial score (nSPS) is 18.4. The molecule has 1 saturated heterocycles. The maximum Gasteiger partial charge on any atom is 0.252 e. The first-order valence-electron chi connectivity index (χ1n) is 7.13. The smallest absolute Gasteiger partial charge is 0.252 e. The van der Waals surface area contributed by atoms with Gasteiger partial charge in [0.05, 0.1) is 0 Å². The zero-order chi connectivity index (χ0) is 15.4. The highest BCUT2D eigenvalue weighted by molar-refractivity contribution is 5.97. The van der Waals surface area contributed by atoms with Crippen molar-refractivity contribution in [1.82, 2.24) is 30.4 Å². The number of nitrogens with one attached hydrogen (secondary N) is 2. The number of hydrogen-bond acceptors (Lipinski definition) is 5. The van der Waals surface area contributed by atoms with Crippen LogP contribution in [0, 0.1) is 0 Å². The Morgan fingerprint density at radius 2 is 2.32 bits per heavy atom. The Hall–Kier alpha value is -2.77. The molecule has 2 N–H and O–H groups in total. The topological polar surface area (TPSA) is 102 Å². The summed E-state index contributed by atoms with van der Waals surface area (Å²) >= 11 is 0. The maximum atomic E-state index is 12.3. The molecule has 1 aliphatic rings. The molecule has 1 fully saturated rings. The standard InChI is InChI=1S/C14H16N6O2/c21-13(19-11-3-1-2-5-17-14(11)22)10-4-6-16-12(7-10)20-9-15-8-18-20/h4,6-9,11H,1-3,5H2,(H,17,22)(H,19,21)/t11-/m0/s1. The van der Waals surface area contributed by atoms with Crippen LogP contribution in [0.2, 0.25) is 0 Å². The lowest BCUT2D eigenvalue weighted by atomic mass is 10.1. The molecule has 0 unspecified atom stereocenters. The summed E-state index contributed by atoms with van der Waals surface area (Å²) in [6, 6.07) is 2.72. The molecule has 0 radical (unpaired) electrons. The van der Waals surface area contributed by atoms with Crippen molar-refractivity contribution in [2.45, 2.75) is 25.3 Å². The molecule has 8 nitrogen and oxygen atoms in total. The average Bonchev–Trinajstić information content (AvgIpc) is 3.00. The van der Waals surface area contributed by atoms with Gasteiger partial charge in [0.15, 0.2) is 5.82 Å². The van der Waals surface area contributed by atoms with Crippen LogP contribution in [0.3, 0.4) is 0 Å². The number of hydrogen-bond donors (Lipinski definition) is 2. The zero-order valence-electron chi connectivity index (χ0n) is 11.9. The number of nitrogens with zero attached hydrogens (tertiary/aromatic N) is 4. The van der Waals surface area contributed by atoms with Gasteiger partial charge in [-0.2, -0.15) is 5.10 Å². The Labute approximate surface area is 127 Å². The van der Waals surface area contributed by atoms with Crippen molar-refractivity contribution in [2.75, 3.05) is 6.54 Å². The number of carbonyl (C=O) groups is 2. The SMILES string of the molecule is O=C(N[C@H]1CCCCNC1=O)c1ccnc(-n2cncn2)c1. The quantitative estimate of drug-likeness (QED) is 0.834. The molecule has 3 rings (SSSR count). The highest BCUT2D eigenvalue weighted by atomic mass is 16.2. The van der Waals surface area contributed by atoms with Crippen molar-refractivity contribution in [3.05, 3.63) is 36.5 Å². The van der Waals surface area contributed by atoms with Crippen LogP contribution in [-0.2, 0) is 4.79 Å². The zero-order valence-corrected chi connectivity index (χ0v) is 11.9. The summed E-state index contributed by atoms with van der Waals surface area (Å²) in [5, 5.41) is 9.54. The van der Waals surface area contributed by atoms with Gasteiger partial charge in [0.25, 0.3) is 5.91 Å². The van der Waals surface area contributed by atoms with E-state index in [-0.39, 0.29) is 11.8 Å². The minimum Gasteiger partial charge on any atom is -0.354 e. The third-order valence-electron chi connectivity index (χ3n) is 3.50. The Morgan fingerprint density at radius 3 is 3.14 bits per heavy atom. The first-order valence-corrected chi connectivity index (χ1v) is 7.13. The van der Waals surface area contributed by atoms with Crippen LogP contribution in [0.1, 0.15) is 29.6 Å². The van der Waals surface area contributed by atoms with E-state index in [2.05, 4.69) is 25.7 Å². The van der Waals surface area contributed by atoms with E-state index in [4.69, 9.17) is 0 Å². The lowest BCUT2D eigenvalue weighted by Crippen LogP contribution is -2.45. The first-order chi connectivity index (χ1) is 10.7.